The number of nitriles is 1. The number of halogens is 4. The number of nitrogens with one attached hydrogen (secondary N) is 1. The summed E-state index contributed by atoms with van der Waals surface area (Å²) >= 11 is 3.50. The van der Waals surface area contributed by atoms with Crippen LogP contribution in [0.15, 0.2) is 34.9 Å². The number of nitrogens with zero attached hydrogens (tertiary/aromatic N) is 6. The lowest BCUT2D eigenvalue weighted by atomic mass is 10.0. The number of hydrazine groups is 1. The fourth-order valence-corrected chi connectivity index (χ4v) is 6.03. The summed E-state index contributed by atoms with van der Waals surface area (Å²) in [4.78, 5) is 35.6. The second-order valence-electron chi connectivity index (χ2n) is 10.9. The SMILES string of the molecule is CCN(CC)C1CCN(Cc2ccc(C(=O)NN(CC3CCCC3)c3nc(C#N)ncc3Br)cc2)CC1.O=C(O)C(F)(F)F. The number of carboxylic acids is 1. The molecule has 2 N–H and O–H groups in total. The van der Waals surface area contributed by atoms with Crippen molar-refractivity contribution in [2.75, 3.05) is 37.7 Å². The van der Waals surface area contributed by atoms with Gasteiger partial charge in [-0.2, -0.15) is 23.4 Å². The van der Waals surface area contributed by atoms with Gasteiger partial charge in [0.2, 0.25) is 5.82 Å². The molecule has 0 bridgehead atoms. The van der Waals surface area contributed by atoms with Gasteiger partial charge in [-0.1, -0.05) is 38.8 Å². The van der Waals surface area contributed by atoms with E-state index in [1.54, 1.807) is 11.2 Å². The standard InChI is InChI=1S/C28H38BrN7O.C2HF3O2/c1-3-35(4-2)24-13-15-34(16-14-24)19-22-9-11-23(12-10-22)28(37)33-36(20-21-7-5-6-8-21)27-25(29)18-31-26(17-30)32-27;3-2(4,5)1(6)7/h9-12,18,21,24H,3-8,13-16,19-20H2,1-2H3,(H,33,37);(H,6,7). The number of anilines is 1. The van der Waals surface area contributed by atoms with Crippen LogP contribution in [0, 0.1) is 17.2 Å². The van der Waals surface area contributed by atoms with Crippen LogP contribution in [0.1, 0.15) is 74.1 Å². The summed E-state index contributed by atoms with van der Waals surface area (Å²) < 4.78 is 32.4. The third-order valence-corrected chi connectivity index (χ3v) is 8.54. The van der Waals surface area contributed by atoms with E-state index in [0.717, 1.165) is 45.6 Å². The Morgan fingerprint density at radius 1 is 1.11 bits per heavy atom. The van der Waals surface area contributed by atoms with Crippen LogP contribution in [-0.4, -0.2) is 81.7 Å². The number of alkyl halides is 3. The minimum atomic E-state index is -5.08. The second kappa shape index (κ2) is 16.7. The van der Waals surface area contributed by atoms with Crippen LogP contribution in [0.25, 0.3) is 0 Å². The van der Waals surface area contributed by atoms with Crippen molar-refractivity contribution in [3.05, 3.63) is 51.9 Å². The number of hydrogen-bond acceptors (Lipinski definition) is 8. The predicted octanol–water partition coefficient (Wildman–Crippen LogP) is 5.39. The van der Waals surface area contributed by atoms with Crippen LogP contribution in [0.4, 0.5) is 19.0 Å². The molecule has 240 valence electrons. The molecule has 1 saturated heterocycles. The van der Waals surface area contributed by atoms with Crippen LogP contribution < -0.4 is 10.4 Å². The van der Waals surface area contributed by atoms with Gasteiger partial charge in [-0.25, -0.2) is 9.78 Å². The monoisotopic (exact) mass is 681 g/mol. The van der Waals surface area contributed by atoms with Crippen LogP contribution in [0.5, 0.6) is 0 Å². The molecule has 1 aromatic heterocycles. The van der Waals surface area contributed by atoms with Gasteiger partial charge in [0.15, 0.2) is 5.82 Å². The van der Waals surface area contributed by atoms with Gasteiger partial charge in [0, 0.05) is 30.9 Å². The number of carbonyl (C=O) groups is 2. The maximum Gasteiger partial charge on any atom is 0.490 e. The molecule has 2 aliphatic rings. The highest BCUT2D eigenvalue weighted by Gasteiger charge is 2.38. The predicted molar refractivity (Wildman–Crippen MR) is 163 cm³/mol. The van der Waals surface area contributed by atoms with Crippen molar-refractivity contribution in [2.45, 2.75) is 71.1 Å². The number of hydrogen-bond donors (Lipinski definition) is 2. The Labute approximate surface area is 264 Å². The first-order valence-corrected chi connectivity index (χ1v) is 15.6. The number of aliphatic carboxylic acids is 1. The Hall–Kier alpha value is -3.28. The molecule has 10 nitrogen and oxygen atoms in total. The van der Waals surface area contributed by atoms with E-state index < -0.39 is 12.1 Å². The first kappa shape index (κ1) is 35.2. The van der Waals surface area contributed by atoms with E-state index in [2.05, 4.69) is 67.1 Å². The number of likely N-dealkylation sites (tertiary alicyclic amines) is 1. The lowest BCUT2D eigenvalue weighted by Crippen LogP contribution is -2.45. The van der Waals surface area contributed by atoms with Gasteiger partial charge in [-0.3, -0.25) is 20.1 Å². The molecule has 2 fully saturated rings. The van der Waals surface area contributed by atoms with Gasteiger partial charge in [0.1, 0.15) is 6.07 Å². The summed E-state index contributed by atoms with van der Waals surface area (Å²) in [6.07, 6.45) is 3.57. The fourth-order valence-electron chi connectivity index (χ4n) is 5.63. The third-order valence-electron chi connectivity index (χ3n) is 7.98. The van der Waals surface area contributed by atoms with Gasteiger partial charge in [0.05, 0.1) is 4.47 Å². The van der Waals surface area contributed by atoms with Crippen molar-refractivity contribution in [1.82, 2.24) is 25.2 Å². The number of rotatable bonds is 10. The number of carboxylic acid groups (broad SMARTS) is 1. The third kappa shape index (κ3) is 10.4. The van der Waals surface area contributed by atoms with E-state index >= 15 is 0 Å². The molecule has 0 atom stereocenters. The fraction of sp³-hybridized carbons (Fsp3) is 0.567. The second-order valence-corrected chi connectivity index (χ2v) is 11.8. The van der Waals surface area contributed by atoms with Crippen LogP contribution in [0.2, 0.25) is 0 Å². The number of piperidine rings is 1. The maximum atomic E-state index is 13.2. The van der Waals surface area contributed by atoms with Crippen molar-refractivity contribution >= 4 is 33.6 Å². The van der Waals surface area contributed by atoms with Gasteiger partial charge < -0.3 is 10.0 Å². The van der Waals surface area contributed by atoms with Crippen molar-refractivity contribution in [3.8, 4) is 6.07 Å². The number of benzene rings is 1. The Balaban J connectivity index is 0.000000676. The lowest BCUT2D eigenvalue weighted by Gasteiger charge is -2.37. The Kier molecular flexibility index (Phi) is 13.4. The van der Waals surface area contributed by atoms with Crippen LogP contribution >= 0.6 is 15.9 Å². The summed E-state index contributed by atoms with van der Waals surface area (Å²) in [5, 5.41) is 18.2. The Morgan fingerprint density at radius 3 is 2.23 bits per heavy atom. The summed E-state index contributed by atoms with van der Waals surface area (Å²) in [6.45, 7) is 10.5. The molecule has 1 aliphatic heterocycles. The number of carbonyl (C=O) groups excluding carboxylic acids is 1. The normalized spacial score (nSPS) is 16.2. The molecule has 2 heterocycles. The van der Waals surface area contributed by atoms with Crippen molar-refractivity contribution in [3.63, 3.8) is 0 Å². The van der Waals surface area contributed by atoms with E-state index in [9.17, 15) is 23.2 Å². The molecular formula is C30H39BrF3N7O3. The molecule has 0 spiro atoms. The summed E-state index contributed by atoms with van der Waals surface area (Å²) in [6, 6.07) is 10.6. The largest absolute Gasteiger partial charge is 0.490 e. The summed E-state index contributed by atoms with van der Waals surface area (Å²) in [5.41, 5.74) is 4.87. The van der Waals surface area contributed by atoms with E-state index in [0.29, 0.717) is 34.4 Å². The highest BCUT2D eigenvalue weighted by molar-refractivity contribution is 9.10. The molecule has 1 amide bonds. The Bertz CT molecular complexity index is 1270. The van der Waals surface area contributed by atoms with Gasteiger partial charge in [0.25, 0.3) is 5.91 Å². The lowest BCUT2D eigenvalue weighted by molar-refractivity contribution is -0.192. The van der Waals surface area contributed by atoms with E-state index in [1.807, 2.05) is 18.2 Å². The van der Waals surface area contributed by atoms with Crippen molar-refractivity contribution in [2.24, 2.45) is 5.92 Å². The first-order valence-electron chi connectivity index (χ1n) is 14.8. The topological polar surface area (TPSA) is 126 Å². The molecule has 1 aromatic carbocycles. The number of aromatic nitrogens is 2. The zero-order valence-electron chi connectivity index (χ0n) is 25.0. The molecular weight excluding hydrogens is 643 g/mol. The molecule has 0 unspecified atom stereocenters. The Morgan fingerprint density at radius 2 is 1.70 bits per heavy atom. The highest BCUT2D eigenvalue weighted by atomic mass is 79.9. The zero-order valence-corrected chi connectivity index (χ0v) is 26.6. The van der Waals surface area contributed by atoms with Crippen molar-refractivity contribution in [1.29, 1.82) is 5.26 Å². The minimum absolute atomic E-state index is 0.0781. The summed E-state index contributed by atoms with van der Waals surface area (Å²) in [5.74, 6) is -1.88. The molecule has 44 heavy (non-hydrogen) atoms. The van der Waals surface area contributed by atoms with E-state index in [-0.39, 0.29) is 11.7 Å². The summed E-state index contributed by atoms with van der Waals surface area (Å²) in [7, 11) is 0. The van der Waals surface area contributed by atoms with Crippen LogP contribution in [-0.2, 0) is 11.3 Å². The molecule has 0 radical (unpaired) electrons. The first-order chi connectivity index (χ1) is 20.9. The average Bonchev–Trinajstić information content (AvgIpc) is 3.52. The molecule has 1 saturated carbocycles. The zero-order chi connectivity index (χ0) is 32.3. The van der Waals surface area contributed by atoms with Gasteiger partial charge in [-0.15, -0.1) is 0 Å². The van der Waals surface area contributed by atoms with Crippen LogP contribution in [0.3, 0.4) is 0 Å². The van der Waals surface area contributed by atoms with E-state index in [4.69, 9.17) is 9.90 Å². The molecule has 2 aromatic rings. The van der Waals surface area contributed by atoms with E-state index in [1.165, 1.54) is 31.2 Å². The maximum absolute atomic E-state index is 13.2. The number of amides is 1. The molecule has 4 rings (SSSR count). The highest BCUT2D eigenvalue weighted by Crippen LogP contribution is 2.29. The minimum Gasteiger partial charge on any atom is -0.475 e. The van der Waals surface area contributed by atoms with Gasteiger partial charge >= 0.3 is 12.1 Å². The molecule has 14 heteroatoms. The van der Waals surface area contributed by atoms with Crippen molar-refractivity contribution < 1.29 is 27.9 Å². The molecule has 1 aliphatic carbocycles. The smallest absolute Gasteiger partial charge is 0.475 e. The van der Waals surface area contributed by atoms with Gasteiger partial charge in [-0.05, 0) is 91.4 Å². The average molecular weight is 683 g/mol. The quantitative estimate of drug-likeness (QED) is 0.318.